The van der Waals surface area contributed by atoms with Gasteiger partial charge >= 0.3 is 5.97 Å². The Balaban J connectivity index is 2.23. The van der Waals surface area contributed by atoms with Crippen LogP contribution in [0.15, 0.2) is 29.8 Å². The van der Waals surface area contributed by atoms with Crippen molar-refractivity contribution in [1.29, 1.82) is 0 Å². The minimum atomic E-state index is -0.934. The van der Waals surface area contributed by atoms with Gasteiger partial charge in [0.25, 0.3) is 0 Å². The first kappa shape index (κ1) is 11.5. The number of rotatable bonds is 3. The summed E-state index contributed by atoms with van der Waals surface area (Å²) in [5.74, 6) is -0.934. The molecule has 86 valence electrons. The number of carboxylic acid groups (broad SMARTS) is 1. The molecule has 3 nitrogen and oxygen atoms in total. The van der Waals surface area contributed by atoms with Crippen LogP contribution in [0, 0.1) is 6.92 Å². The highest BCUT2D eigenvalue weighted by molar-refractivity contribution is 7.11. The Bertz CT molecular complexity index is 555. The molecular formula is C13H11NO2S. The summed E-state index contributed by atoms with van der Waals surface area (Å²) in [6, 6.07) is 7.99. The van der Waals surface area contributed by atoms with Gasteiger partial charge < -0.3 is 5.11 Å². The molecule has 0 spiro atoms. The molecular weight excluding hydrogens is 234 g/mol. The lowest BCUT2D eigenvalue weighted by atomic mass is 10.1. The fourth-order valence-corrected chi connectivity index (χ4v) is 2.00. The van der Waals surface area contributed by atoms with Gasteiger partial charge in [0.2, 0.25) is 0 Å². The van der Waals surface area contributed by atoms with Crippen molar-refractivity contribution in [2.75, 3.05) is 0 Å². The van der Waals surface area contributed by atoms with E-state index in [9.17, 15) is 4.79 Å². The number of thiazole rings is 1. The third-order valence-corrected chi connectivity index (χ3v) is 3.13. The molecule has 1 aromatic heterocycles. The minimum absolute atomic E-state index is 0.272. The van der Waals surface area contributed by atoms with Crippen molar-refractivity contribution in [3.8, 4) is 0 Å². The van der Waals surface area contributed by atoms with Crippen LogP contribution in [0.4, 0.5) is 0 Å². The summed E-state index contributed by atoms with van der Waals surface area (Å²) < 4.78 is 0. The van der Waals surface area contributed by atoms with Crippen molar-refractivity contribution in [3.05, 3.63) is 51.5 Å². The normalized spacial score (nSPS) is 10.9. The van der Waals surface area contributed by atoms with Crippen molar-refractivity contribution < 1.29 is 9.90 Å². The zero-order valence-electron chi connectivity index (χ0n) is 9.25. The summed E-state index contributed by atoms with van der Waals surface area (Å²) in [6.07, 6.45) is 3.59. The van der Waals surface area contributed by atoms with Gasteiger partial charge in [-0.3, -0.25) is 0 Å². The molecule has 1 N–H and O–H groups in total. The topological polar surface area (TPSA) is 50.2 Å². The average Bonchev–Trinajstić information content (AvgIpc) is 2.76. The van der Waals surface area contributed by atoms with E-state index in [0.29, 0.717) is 5.69 Å². The van der Waals surface area contributed by atoms with Crippen LogP contribution in [-0.4, -0.2) is 16.1 Å². The van der Waals surface area contributed by atoms with Crippen LogP contribution >= 0.6 is 11.3 Å². The monoisotopic (exact) mass is 245 g/mol. The maximum atomic E-state index is 10.9. The molecule has 0 aliphatic rings. The van der Waals surface area contributed by atoms with Crippen molar-refractivity contribution in [1.82, 2.24) is 4.98 Å². The molecule has 1 heterocycles. The number of nitrogens with zero attached hydrogens (tertiary/aromatic N) is 1. The van der Waals surface area contributed by atoms with E-state index in [2.05, 4.69) is 4.98 Å². The molecule has 17 heavy (non-hydrogen) atoms. The van der Waals surface area contributed by atoms with Crippen molar-refractivity contribution in [3.63, 3.8) is 0 Å². The maximum absolute atomic E-state index is 10.9. The molecule has 0 amide bonds. The summed E-state index contributed by atoms with van der Waals surface area (Å²) in [7, 11) is 0. The van der Waals surface area contributed by atoms with Crippen LogP contribution in [-0.2, 0) is 0 Å². The largest absolute Gasteiger partial charge is 0.477 e. The third kappa shape index (κ3) is 2.79. The number of benzene rings is 1. The third-order valence-electron chi connectivity index (χ3n) is 2.30. The predicted octanol–water partition coefficient (Wildman–Crippen LogP) is 3.32. The van der Waals surface area contributed by atoms with Crippen molar-refractivity contribution >= 4 is 29.5 Å². The predicted molar refractivity (Wildman–Crippen MR) is 69.2 cm³/mol. The van der Waals surface area contributed by atoms with E-state index in [-0.39, 0.29) is 4.88 Å². The highest BCUT2D eigenvalue weighted by atomic mass is 32.1. The van der Waals surface area contributed by atoms with Crippen LogP contribution in [0.2, 0.25) is 0 Å². The van der Waals surface area contributed by atoms with E-state index >= 15 is 0 Å². The Morgan fingerprint density at radius 1 is 1.29 bits per heavy atom. The number of carbonyl (C=O) groups is 1. The van der Waals surface area contributed by atoms with Gasteiger partial charge in [0.15, 0.2) is 0 Å². The first-order valence-electron chi connectivity index (χ1n) is 5.08. The van der Waals surface area contributed by atoms with E-state index in [0.717, 1.165) is 16.9 Å². The average molecular weight is 245 g/mol. The van der Waals surface area contributed by atoms with Gasteiger partial charge in [-0.2, -0.15) is 0 Å². The molecule has 4 heteroatoms. The Kier molecular flexibility index (Phi) is 3.35. The van der Waals surface area contributed by atoms with Gasteiger partial charge in [0, 0.05) is 0 Å². The van der Waals surface area contributed by atoms with Gasteiger partial charge in [0.05, 0.1) is 11.2 Å². The maximum Gasteiger partial charge on any atom is 0.348 e. The van der Waals surface area contributed by atoms with Crippen LogP contribution in [0.1, 0.15) is 26.5 Å². The van der Waals surface area contributed by atoms with Gasteiger partial charge in [-0.15, -0.1) is 11.3 Å². The Hall–Kier alpha value is -1.94. The van der Waals surface area contributed by atoms with Crippen LogP contribution < -0.4 is 0 Å². The molecule has 0 fully saturated rings. The molecule has 0 bridgehead atoms. The molecule has 2 aromatic rings. The fourth-order valence-electron chi connectivity index (χ4n) is 1.39. The van der Waals surface area contributed by atoms with E-state index in [1.54, 1.807) is 6.08 Å². The molecule has 0 atom stereocenters. The molecule has 0 radical (unpaired) electrons. The Morgan fingerprint density at radius 2 is 2.00 bits per heavy atom. The van der Waals surface area contributed by atoms with Crippen molar-refractivity contribution in [2.24, 2.45) is 0 Å². The second kappa shape index (κ2) is 4.93. The summed E-state index contributed by atoms with van der Waals surface area (Å²) >= 11 is 1.13. The van der Waals surface area contributed by atoms with Crippen LogP contribution in [0.3, 0.4) is 0 Å². The molecule has 1 aromatic carbocycles. The van der Waals surface area contributed by atoms with Gasteiger partial charge in [0.1, 0.15) is 4.88 Å². The molecule has 2 rings (SSSR count). The second-order valence-corrected chi connectivity index (χ2v) is 4.47. The number of hydrogen-bond acceptors (Lipinski definition) is 3. The lowest BCUT2D eigenvalue weighted by Gasteiger charge is -1.94. The summed E-state index contributed by atoms with van der Waals surface area (Å²) in [4.78, 5) is 15.2. The van der Waals surface area contributed by atoms with E-state index in [1.165, 1.54) is 11.1 Å². The highest BCUT2D eigenvalue weighted by Gasteiger charge is 2.10. The summed E-state index contributed by atoms with van der Waals surface area (Å²) in [5, 5.41) is 8.92. The number of aromatic nitrogens is 1. The first-order chi connectivity index (χ1) is 8.16. The van der Waals surface area contributed by atoms with Gasteiger partial charge in [-0.25, -0.2) is 9.78 Å². The lowest BCUT2D eigenvalue weighted by molar-refractivity contribution is 0.0701. The molecule has 0 aliphatic carbocycles. The second-order valence-electron chi connectivity index (χ2n) is 3.62. The first-order valence-corrected chi connectivity index (χ1v) is 5.96. The van der Waals surface area contributed by atoms with Gasteiger partial charge in [-0.1, -0.05) is 35.9 Å². The SMILES string of the molecule is Cc1ccc(/C=C/c2ncsc2C(=O)O)cc1. The quantitative estimate of drug-likeness (QED) is 0.902. The highest BCUT2D eigenvalue weighted by Crippen LogP contribution is 2.16. The zero-order valence-corrected chi connectivity index (χ0v) is 10.1. The van der Waals surface area contributed by atoms with Crippen molar-refractivity contribution in [2.45, 2.75) is 6.92 Å². The Labute approximate surface area is 103 Å². The summed E-state index contributed by atoms with van der Waals surface area (Å²) in [5.41, 5.74) is 4.27. The zero-order chi connectivity index (χ0) is 12.3. The standard InChI is InChI=1S/C13H11NO2S/c1-9-2-4-10(5-3-9)6-7-11-12(13(15)16)17-8-14-11/h2-8H,1H3,(H,15,16)/b7-6+. The number of aryl methyl sites for hydroxylation is 1. The fraction of sp³-hybridized carbons (Fsp3) is 0.0769. The molecule has 0 unspecified atom stereocenters. The lowest BCUT2D eigenvalue weighted by Crippen LogP contribution is -1.94. The molecule has 0 aliphatic heterocycles. The summed E-state index contributed by atoms with van der Waals surface area (Å²) in [6.45, 7) is 2.02. The Morgan fingerprint density at radius 3 is 2.65 bits per heavy atom. The molecule has 0 saturated carbocycles. The van der Waals surface area contributed by atoms with Crippen LogP contribution in [0.25, 0.3) is 12.2 Å². The van der Waals surface area contributed by atoms with Crippen LogP contribution in [0.5, 0.6) is 0 Å². The van der Waals surface area contributed by atoms with E-state index < -0.39 is 5.97 Å². The molecule has 0 saturated heterocycles. The number of carboxylic acids is 1. The van der Waals surface area contributed by atoms with E-state index in [1.807, 2.05) is 37.3 Å². The van der Waals surface area contributed by atoms with E-state index in [4.69, 9.17) is 5.11 Å². The number of aromatic carboxylic acids is 1. The van der Waals surface area contributed by atoms with Gasteiger partial charge in [-0.05, 0) is 18.6 Å². The smallest absolute Gasteiger partial charge is 0.348 e. The minimum Gasteiger partial charge on any atom is -0.477 e. The number of hydrogen-bond donors (Lipinski definition) is 1.